The molecule has 0 radical (unpaired) electrons. The molecular formula is C23H29N5O4. The van der Waals surface area contributed by atoms with Crippen molar-refractivity contribution in [3.05, 3.63) is 36.8 Å². The van der Waals surface area contributed by atoms with Crippen LogP contribution in [0.1, 0.15) is 40.0 Å². The highest BCUT2D eigenvalue weighted by molar-refractivity contribution is 5.68. The van der Waals surface area contributed by atoms with Gasteiger partial charge in [0.1, 0.15) is 17.2 Å². The minimum atomic E-state index is -0.507. The zero-order valence-corrected chi connectivity index (χ0v) is 18.9. The van der Waals surface area contributed by atoms with Crippen molar-refractivity contribution in [2.45, 2.75) is 51.7 Å². The molecule has 4 rings (SSSR count). The number of aromatic nitrogens is 4. The average Bonchev–Trinajstić information content (AvgIpc) is 3.11. The van der Waals surface area contributed by atoms with Gasteiger partial charge in [-0.2, -0.15) is 5.10 Å². The van der Waals surface area contributed by atoms with Crippen LogP contribution in [-0.4, -0.2) is 62.5 Å². The summed E-state index contributed by atoms with van der Waals surface area (Å²) in [6, 6.07) is 5.57. The maximum absolute atomic E-state index is 12.4. The normalized spacial score (nSPS) is 17.1. The minimum absolute atomic E-state index is 0.0594. The van der Waals surface area contributed by atoms with Gasteiger partial charge in [-0.25, -0.2) is 19.3 Å². The summed E-state index contributed by atoms with van der Waals surface area (Å²) in [5, 5.41) is 4.37. The van der Waals surface area contributed by atoms with Crippen LogP contribution in [0.3, 0.4) is 0 Å². The van der Waals surface area contributed by atoms with Gasteiger partial charge in [0.05, 0.1) is 25.2 Å². The Labute approximate surface area is 187 Å². The highest BCUT2D eigenvalue weighted by Crippen LogP contribution is 2.28. The number of methoxy groups -OCH3 is 1. The van der Waals surface area contributed by atoms with Gasteiger partial charge in [-0.3, -0.25) is 0 Å². The number of pyridine rings is 1. The van der Waals surface area contributed by atoms with E-state index in [0.717, 1.165) is 23.9 Å². The first-order chi connectivity index (χ1) is 15.3. The van der Waals surface area contributed by atoms with Gasteiger partial charge in [0.25, 0.3) is 0 Å². The average molecular weight is 440 g/mol. The lowest BCUT2D eigenvalue weighted by Gasteiger charge is -2.26. The van der Waals surface area contributed by atoms with E-state index < -0.39 is 5.60 Å². The highest BCUT2D eigenvalue weighted by atomic mass is 16.6. The molecular weight excluding hydrogens is 410 g/mol. The van der Waals surface area contributed by atoms with E-state index in [2.05, 4.69) is 10.1 Å². The van der Waals surface area contributed by atoms with E-state index in [1.807, 2.05) is 45.2 Å². The number of carbonyl (C=O) groups excluding carboxylic acids is 1. The van der Waals surface area contributed by atoms with Crippen LogP contribution in [0, 0.1) is 0 Å². The lowest BCUT2D eigenvalue weighted by atomic mass is 10.1. The molecule has 3 aromatic rings. The van der Waals surface area contributed by atoms with Crippen LogP contribution in [-0.2, 0) is 4.74 Å². The molecule has 1 amide bonds. The Kier molecular flexibility index (Phi) is 6.16. The number of hydrogen-bond acceptors (Lipinski definition) is 7. The maximum Gasteiger partial charge on any atom is 0.410 e. The van der Waals surface area contributed by atoms with Gasteiger partial charge in [0, 0.05) is 37.3 Å². The molecule has 1 aliphatic rings. The Balaban J connectivity index is 1.53. The van der Waals surface area contributed by atoms with E-state index in [0.29, 0.717) is 37.0 Å². The molecule has 0 bridgehead atoms. The number of rotatable bonds is 4. The third-order valence-corrected chi connectivity index (χ3v) is 5.20. The molecule has 1 saturated heterocycles. The zero-order chi connectivity index (χ0) is 22.7. The summed E-state index contributed by atoms with van der Waals surface area (Å²) in [5.74, 6) is 1.03. The fourth-order valence-electron chi connectivity index (χ4n) is 3.65. The second-order valence-corrected chi connectivity index (χ2v) is 8.82. The van der Waals surface area contributed by atoms with E-state index in [4.69, 9.17) is 19.2 Å². The van der Waals surface area contributed by atoms with E-state index >= 15 is 0 Å². The number of fused-ring (bicyclic) bond motifs is 1. The van der Waals surface area contributed by atoms with E-state index in [1.165, 1.54) is 0 Å². The molecule has 1 fully saturated rings. The van der Waals surface area contributed by atoms with Gasteiger partial charge in [-0.15, -0.1) is 0 Å². The molecule has 0 spiro atoms. The SMILES string of the molecule is COc1cc(-c2cn3nccc3c(OC3CCCN(C(=O)OC(C)(C)C)CC3)n2)ccn1. The van der Waals surface area contributed by atoms with Crippen molar-refractivity contribution in [2.24, 2.45) is 0 Å². The summed E-state index contributed by atoms with van der Waals surface area (Å²) in [7, 11) is 1.58. The van der Waals surface area contributed by atoms with Crippen molar-refractivity contribution in [3.63, 3.8) is 0 Å². The summed E-state index contributed by atoms with van der Waals surface area (Å²) >= 11 is 0. The van der Waals surface area contributed by atoms with Crippen LogP contribution in [0.5, 0.6) is 11.8 Å². The molecule has 0 N–H and O–H groups in total. The quantitative estimate of drug-likeness (QED) is 0.607. The van der Waals surface area contributed by atoms with E-state index in [1.54, 1.807) is 28.9 Å². The first-order valence-electron chi connectivity index (χ1n) is 10.8. The Hall–Kier alpha value is -3.36. The molecule has 3 aromatic heterocycles. The van der Waals surface area contributed by atoms with Gasteiger partial charge in [-0.1, -0.05) is 0 Å². The highest BCUT2D eigenvalue weighted by Gasteiger charge is 2.26. The van der Waals surface area contributed by atoms with Crippen molar-refractivity contribution in [2.75, 3.05) is 20.2 Å². The van der Waals surface area contributed by atoms with Gasteiger partial charge in [0.15, 0.2) is 0 Å². The fraction of sp³-hybridized carbons (Fsp3) is 0.478. The summed E-state index contributed by atoms with van der Waals surface area (Å²) in [4.78, 5) is 23.1. The zero-order valence-electron chi connectivity index (χ0n) is 18.9. The van der Waals surface area contributed by atoms with Crippen molar-refractivity contribution in [1.29, 1.82) is 0 Å². The topological polar surface area (TPSA) is 91.1 Å². The summed E-state index contributed by atoms with van der Waals surface area (Å²) in [6.45, 7) is 6.87. The van der Waals surface area contributed by atoms with Crippen molar-refractivity contribution >= 4 is 11.6 Å². The summed E-state index contributed by atoms with van der Waals surface area (Å²) in [6.07, 6.45) is 7.29. The van der Waals surface area contributed by atoms with Crippen LogP contribution in [0.4, 0.5) is 4.79 Å². The minimum Gasteiger partial charge on any atom is -0.481 e. The van der Waals surface area contributed by atoms with E-state index in [-0.39, 0.29) is 12.2 Å². The molecule has 1 unspecified atom stereocenters. The van der Waals surface area contributed by atoms with Gasteiger partial charge in [-0.05, 0) is 45.7 Å². The number of carbonyl (C=O) groups is 1. The molecule has 9 heteroatoms. The second-order valence-electron chi connectivity index (χ2n) is 8.82. The van der Waals surface area contributed by atoms with E-state index in [9.17, 15) is 4.79 Å². The number of likely N-dealkylation sites (tertiary alicyclic amines) is 1. The first kappa shape index (κ1) is 21.9. The fourth-order valence-corrected chi connectivity index (χ4v) is 3.65. The lowest BCUT2D eigenvalue weighted by molar-refractivity contribution is 0.0252. The standard InChI is InChI=1S/C23H29N5O4/c1-23(2,3)32-22(29)27-12-5-6-17(9-13-27)31-21-19-8-11-25-28(19)15-18(26-21)16-7-10-24-20(14-16)30-4/h7-8,10-11,14-15,17H,5-6,9,12-13H2,1-4H3. The summed E-state index contributed by atoms with van der Waals surface area (Å²) < 4.78 is 18.9. The molecule has 32 heavy (non-hydrogen) atoms. The number of hydrogen-bond donors (Lipinski definition) is 0. The molecule has 1 atom stereocenters. The molecule has 0 saturated carbocycles. The predicted molar refractivity (Wildman–Crippen MR) is 119 cm³/mol. The van der Waals surface area contributed by atoms with Gasteiger partial charge >= 0.3 is 6.09 Å². The Morgan fingerprint density at radius 3 is 2.78 bits per heavy atom. The molecule has 9 nitrogen and oxygen atoms in total. The largest absolute Gasteiger partial charge is 0.481 e. The van der Waals surface area contributed by atoms with Crippen molar-refractivity contribution < 1.29 is 19.0 Å². The van der Waals surface area contributed by atoms with Gasteiger partial charge in [0.2, 0.25) is 11.8 Å². The predicted octanol–water partition coefficient (Wildman–Crippen LogP) is 3.97. The van der Waals surface area contributed by atoms with Gasteiger partial charge < -0.3 is 19.1 Å². The van der Waals surface area contributed by atoms with Crippen molar-refractivity contribution in [1.82, 2.24) is 24.5 Å². The number of amides is 1. The second kappa shape index (κ2) is 9.02. The molecule has 0 aromatic carbocycles. The smallest absolute Gasteiger partial charge is 0.410 e. The molecule has 4 heterocycles. The van der Waals surface area contributed by atoms with Crippen molar-refractivity contribution in [3.8, 4) is 23.0 Å². The maximum atomic E-state index is 12.4. The molecule has 170 valence electrons. The summed E-state index contributed by atoms with van der Waals surface area (Å²) in [5.41, 5.74) is 1.85. The first-order valence-corrected chi connectivity index (χ1v) is 10.8. The molecule has 1 aliphatic heterocycles. The van der Waals surface area contributed by atoms with Crippen LogP contribution in [0.15, 0.2) is 36.8 Å². The van der Waals surface area contributed by atoms with Crippen LogP contribution >= 0.6 is 0 Å². The number of ether oxygens (including phenoxy) is 3. The lowest BCUT2D eigenvalue weighted by Crippen LogP contribution is -2.37. The van der Waals surface area contributed by atoms with Crippen LogP contribution in [0.25, 0.3) is 16.8 Å². The number of nitrogens with zero attached hydrogens (tertiary/aromatic N) is 5. The monoisotopic (exact) mass is 439 g/mol. The molecule has 0 aliphatic carbocycles. The third-order valence-electron chi connectivity index (χ3n) is 5.20. The third kappa shape index (κ3) is 5.09. The Bertz CT molecular complexity index is 1090. The van der Waals surface area contributed by atoms with Crippen LogP contribution < -0.4 is 9.47 Å². The Morgan fingerprint density at radius 1 is 1.16 bits per heavy atom. The van der Waals surface area contributed by atoms with Crippen LogP contribution in [0.2, 0.25) is 0 Å². The Morgan fingerprint density at radius 2 is 2.00 bits per heavy atom.